The lowest BCUT2D eigenvalue weighted by molar-refractivity contribution is -0.128. The van der Waals surface area contributed by atoms with E-state index in [0.717, 1.165) is 11.5 Å². The van der Waals surface area contributed by atoms with Crippen molar-refractivity contribution in [2.45, 2.75) is 19.4 Å². The van der Waals surface area contributed by atoms with Crippen molar-refractivity contribution in [2.75, 3.05) is 20.7 Å². The standard InChI is InChI=1S/C20H20ClFN2O4/c1-23(27-2)20(26)13-5-6-14(12-24-9-3-4-19(24)25)18(10-13)28-15-7-8-16(21)17(22)11-15/h5-8,10-11H,3-4,9,12H2,1-2H3. The van der Waals surface area contributed by atoms with Gasteiger partial charge in [-0.25, -0.2) is 9.45 Å². The summed E-state index contributed by atoms with van der Waals surface area (Å²) in [5.41, 5.74) is 1.05. The van der Waals surface area contributed by atoms with Crippen LogP contribution in [0.4, 0.5) is 4.39 Å². The zero-order valence-corrected chi connectivity index (χ0v) is 16.3. The Morgan fingerprint density at radius 3 is 2.71 bits per heavy atom. The van der Waals surface area contributed by atoms with Crippen LogP contribution in [0.2, 0.25) is 5.02 Å². The van der Waals surface area contributed by atoms with Gasteiger partial charge >= 0.3 is 0 Å². The molecule has 8 heteroatoms. The molecular formula is C20H20ClFN2O4. The molecule has 6 nitrogen and oxygen atoms in total. The molecule has 2 aromatic carbocycles. The fourth-order valence-corrected chi connectivity index (χ4v) is 3.04. The summed E-state index contributed by atoms with van der Waals surface area (Å²) in [5.74, 6) is -0.305. The maximum Gasteiger partial charge on any atom is 0.277 e. The van der Waals surface area contributed by atoms with Gasteiger partial charge in [0.25, 0.3) is 5.91 Å². The molecule has 1 saturated heterocycles. The predicted molar refractivity (Wildman–Crippen MR) is 102 cm³/mol. The Kier molecular flexibility index (Phi) is 6.16. The molecule has 1 heterocycles. The highest BCUT2D eigenvalue weighted by Crippen LogP contribution is 2.31. The molecule has 0 N–H and O–H groups in total. The van der Waals surface area contributed by atoms with Gasteiger partial charge < -0.3 is 9.64 Å². The monoisotopic (exact) mass is 406 g/mol. The molecule has 0 aliphatic carbocycles. The summed E-state index contributed by atoms with van der Waals surface area (Å²) >= 11 is 5.72. The third-order valence-electron chi connectivity index (χ3n) is 4.53. The van der Waals surface area contributed by atoms with E-state index in [1.165, 1.54) is 32.4 Å². The smallest absolute Gasteiger partial charge is 0.277 e. The first-order chi connectivity index (χ1) is 13.4. The van der Waals surface area contributed by atoms with Gasteiger partial charge in [0.15, 0.2) is 0 Å². The zero-order chi connectivity index (χ0) is 20.3. The highest BCUT2D eigenvalue weighted by Gasteiger charge is 2.23. The summed E-state index contributed by atoms with van der Waals surface area (Å²) in [6.07, 6.45) is 1.33. The van der Waals surface area contributed by atoms with E-state index in [9.17, 15) is 14.0 Å². The number of carbonyl (C=O) groups is 2. The number of ether oxygens (including phenoxy) is 1. The number of likely N-dealkylation sites (tertiary alicyclic amines) is 1. The van der Waals surface area contributed by atoms with Gasteiger partial charge in [0.1, 0.15) is 17.3 Å². The van der Waals surface area contributed by atoms with Crippen LogP contribution in [-0.2, 0) is 16.2 Å². The maximum absolute atomic E-state index is 13.8. The number of hydroxylamine groups is 2. The summed E-state index contributed by atoms with van der Waals surface area (Å²) < 4.78 is 19.6. The van der Waals surface area contributed by atoms with Gasteiger partial charge in [-0.2, -0.15) is 0 Å². The van der Waals surface area contributed by atoms with Gasteiger partial charge in [0, 0.05) is 43.8 Å². The molecule has 28 heavy (non-hydrogen) atoms. The average Bonchev–Trinajstić information content (AvgIpc) is 3.09. The normalized spacial score (nSPS) is 13.7. The van der Waals surface area contributed by atoms with Crippen LogP contribution >= 0.6 is 11.6 Å². The molecular weight excluding hydrogens is 387 g/mol. The Morgan fingerprint density at radius 1 is 1.29 bits per heavy atom. The van der Waals surface area contributed by atoms with Gasteiger partial charge in [-0.15, -0.1) is 0 Å². The van der Waals surface area contributed by atoms with E-state index < -0.39 is 5.82 Å². The molecule has 148 valence electrons. The number of halogens is 2. The van der Waals surface area contributed by atoms with Crippen LogP contribution in [0.15, 0.2) is 36.4 Å². The van der Waals surface area contributed by atoms with Crippen molar-refractivity contribution >= 4 is 23.4 Å². The first-order valence-electron chi connectivity index (χ1n) is 8.75. The summed E-state index contributed by atoms with van der Waals surface area (Å²) in [4.78, 5) is 31.0. The van der Waals surface area contributed by atoms with Crippen molar-refractivity contribution < 1.29 is 23.6 Å². The van der Waals surface area contributed by atoms with Crippen LogP contribution in [0, 0.1) is 5.82 Å². The molecule has 0 atom stereocenters. The van der Waals surface area contributed by atoms with Crippen LogP contribution in [0.5, 0.6) is 11.5 Å². The molecule has 0 bridgehead atoms. The number of nitrogens with zero attached hydrogens (tertiary/aromatic N) is 2. The molecule has 0 aromatic heterocycles. The summed E-state index contributed by atoms with van der Waals surface area (Å²) in [6, 6.07) is 9.02. The third-order valence-corrected chi connectivity index (χ3v) is 4.83. The lowest BCUT2D eigenvalue weighted by Gasteiger charge is -2.20. The largest absolute Gasteiger partial charge is 0.457 e. The minimum absolute atomic E-state index is 0.0131. The van der Waals surface area contributed by atoms with E-state index in [1.54, 1.807) is 23.1 Å². The van der Waals surface area contributed by atoms with Crippen LogP contribution in [0.25, 0.3) is 0 Å². The fraction of sp³-hybridized carbons (Fsp3) is 0.300. The third kappa shape index (κ3) is 4.43. The summed E-state index contributed by atoms with van der Waals surface area (Å²) in [5, 5.41) is 1.07. The first kappa shape index (κ1) is 20.1. The Morgan fingerprint density at radius 2 is 2.07 bits per heavy atom. The van der Waals surface area contributed by atoms with E-state index >= 15 is 0 Å². The van der Waals surface area contributed by atoms with Crippen molar-refractivity contribution in [1.82, 2.24) is 9.96 Å². The average molecular weight is 407 g/mol. The lowest BCUT2D eigenvalue weighted by atomic mass is 10.1. The molecule has 2 amide bonds. The van der Waals surface area contributed by atoms with Crippen LogP contribution in [-0.4, -0.2) is 42.5 Å². The minimum Gasteiger partial charge on any atom is -0.457 e. The molecule has 0 unspecified atom stereocenters. The second kappa shape index (κ2) is 8.58. The zero-order valence-electron chi connectivity index (χ0n) is 15.6. The predicted octanol–water partition coefficient (Wildman–Crippen LogP) is 4.03. The first-order valence-corrected chi connectivity index (χ1v) is 9.12. The maximum atomic E-state index is 13.8. The van der Waals surface area contributed by atoms with E-state index in [0.29, 0.717) is 36.4 Å². The molecule has 1 fully saturated rings. The van der Waals surface area contributed by atoms with Crippen molar-refractivity contribution in [3.63, 3.8) is 0 Å². The van der Waals surface area contributed by atoms with Gasteiger partial charge in [0.2, 0.25) is 5.91 Å². The Balaban J connectivity index is 1.94. The Labute approximate surface area is 167 Å². The summed E-state index contributed by atoms with van der Waals surface area (Å²) in [7, 11) is 2.88. The molecule has 2 aromatic rings. The topological polar surface area (TPSA) is 59.1 Å². The fourth-order valence-electron chi connectivity index (χ4n) is 2.92. The highest BCUT2D eigenvalue weighted by atomic mass is 35.5. The quantitative estimate of drug-likeness (QED) is 0.680. The van der Waals surface area contributed by atoms with E-state index in [1.807, 2.05) is 0 Å². The SMILES string of the molecule is CON(C)C(=O)c1ccc(CN2CCCC2=O)c(Oc2ccc(Cl)c(F)c2)c1. The van der Waals surface area contributed by atoms with E-state index in [4.69, 9.17) is 21.2 Å². The lowest BCUT2D eigenvalue weighted by Crippen LogP contribution is -2.26. The number of benzene rings is 2. The number of hydrogen-bond donors (Lipinski definition) is 0. The number of amides is 2. The van der Waals surface area contributed by atoms with Crippen molar-refractivity contribution in [1.29, 1.82) is 0 Å². The van der Waals surface area contributed by atoms with E-state index in [-0.39, 0.29) is 22.6 Å². The number of rotatable bonds is 6. The van der Waals surface area contributed by atoms with Crippen LogP contribution in [0.1, 0.15) is 28.8 Å². The van der Waals surface area contributed by atoms with Crippen molar-refractivity contribution in [3.05, 3.63) is 58.4 Å². The van der Waals surface area contributed by atoms with Crippen LogP contribution in [0.3, 0.4) is 0 Å². The second-order valence-corrected chi connectivity index (χ2v) is 6.81. The highest BCUT2D eigenvalue weighted by molar-refractivity contribution is 6.30. The molecule has 1 aliphatic heterocycles. The van der Waals surface area contributed by atoms with E-state index in [2.05, 4.69) is 0 Å². The van der Waals surface area contributed by atoms with Gasteiger partial charge in [0.05, 0.1) is 12.1 Å². The number of carbonyl (C=O) groups excluding carboxylic acids is 2. The molecule has 0 radical (unpaired) electrons. The van der Waals surface area contributed by atoms with Crippen LogP contribution < -0.4 is 4.74 Å². The molecule has 0 spiro atoms. The Bertz CT molecular complexity index is 906. The minimum atomic E-state index is -0.609. The number of hydrogen-bond acceptors (Lipinski definition) is 4. The second-order valence-electron chi connectivity index (χ2n) is 6.40. The van der Waals surface area contributed by atoms with Gasteiger partial charge in [-0.3, -0.25) is 14.4 Å². The Hall–Kier alpha value is -2.64. The van der Waals surface area contributed by atoms with Gasteiger partial charge in [-0.1, -0.05) is 17.7 Å². The summed E-state index contributed by atoms with van der Waals surface area (Å²) in [6.45, 7) is 1.01. The molecule has 0 saturated carbocycles. The molecule has 3 rings (SSSR count). The van der Waals surface area contributed by atoms with Crippen molar-refractivity contribution in [3.8, 4) is 11.5 Å². The molecule has 1 aliphatic rings. The van der Waals surface area contributed by atoms with Gasteiger partial charge in [-0.05, 0) is 30.7 Å². The van der Waals surface area contributed by atoms with Crippen molar-refractivity contribution in [2.24, 2.45) is 0 Å².